The van der Waals surface area contributed by atoms with E-state index in [0.29, 0.717) is 5.82 Å². The minimum atomic E-state index is -0.0733. The van der Waals surface area contributed by atoms with Crippen molar-refractivity contribution in [3.05, 3.63) is 70.9 Å². The number of rotatable bonds is 5. The third-order valence-corrected chi connectivity index (χ3v) is 5.97. The van der Waals surface area contributed by atoms with Crippen molar-refractivity contribution in [3.63, 3.8) is 0 Å². The summed E-state index contributed by atoms with van der Waals surface area (Å²) in [6.07, 6.45) is 0. The standard InChI is InChI=1S/C24H24N4OS/c1-15-9-8-10-16(2)22(15)27-20(29)13-28(4)23-21-19(18-11-6-5-7-12-18)14-30-24(21)26-17(3)25-23/h5-12,14H,13H2,1-4H3,(H,27,29). The molecule has 4 rings (SSSR count). The van der Waals surface area contributed by atoms with Crippen LogP contribution in [0.2, 0.25) is 0 Å². The fourth-order valence-corrected chi connectivity index (χ4v) is 4.60. The molecule has 0 fully saturated rings. The second kappa shape index (κ2) is 8.24. The van der Waals surface area contributed by atoms with Crippen molar-refractivity contribution in [2.24, 2.45) is 0 Å². The van der Waals surface area contributed by atoms with Gasteiger partial charge in [-0.15, -0.1) is 11.3 Å². The van der Waals surface area contributed by atoms with E-state index in [1.807, 2.05) is 69.1 Å². The van der Waals surface area contributed by atoms with E-state index in [4.69, 9.17) is 4.98 Å². The molecular formula is C24H24N4OS. The molecule has 30 heavy (non-hydrogen) atoms. The summed E-state index contributed by atoms with van der Waals surface area (Å²) in [4.78, 5) is 25.0. The van der Waals surface area contributed by atoms with Gasteiger partial charge in [-0.05, 0) is 37.5 Å². The van der Waals surface area contributed by atoms with E-state index >= 15 is 0 Å². The van der Waals surface area contributed by atoms with Gasteiger partial charge in [0.25, 0.3) is 0 Å². The summed E-state index contributed by atoms with van der Waals surface area (Å²) in [6, 6.07) is 16.2. The van der Waals surface area contributed by atoms with Gasteiger partial charge in [-0.2, -0.15) is 0 Å². The Labute approximate surface area is 180 Å². The number of amides is 1. The SMILES string of the molecule is Cc1nc(N(C)CC(=O)Nc2c(C)cccc2C)c2c(-c3ccccc3)csc2n1. The van der Waals surface area contributed by atoms with Crippen LogP contribution in [0.5, 0.6) is 0 Å². The molecule has 0 aliphatic heterocycles. The van der Waals surface area contributed by atoms with Crippen LogP contribution in [0, 0.1) is 20.8 Å². The number of para-hydroxylation sites is 1. The molecule has 152 valence electrons. The predicted octanol–water partition coefficient (Wildman–Crippen LogP) is 5.36. The number of fused-ring (bicyclic) bond motifs is 1. The monoisotopic (exact) mass is 416 g/mol. The normalized spacial score (nSPS) is 10.9. The quantitative estimate of drug-likeness (QED) is 0.476. The largest absolute Gasteiger partial charge is 0.350 e. The van der Waals surface area contributed by atoms with Crippen molar-refractivity contribution in [3.8, 4) is 11.1 Å². The average molecular weight is 417 g/mol. The van der Waals surface area contributed by atoms with Crippen molar-refractivity contribution in [1.82, 2.24) is 9.97 Å². The molecule has 5 nitrogen and oxygen atoms in total. The lowest BCUT2D eigenvalue weighted by Gasteiger charge is -2.20. The van der Waals surface area contributed by atoms with Gasteiger partial charge in [0.2, 0.25) is 5.91 Å². The molecule has 0 aliphatic rings. The molecule has 2 aromatic heterocycles. The highest BCUT2D eigenvalue weighted by Crippen LogP contribution is 2.38. The number of nitrogens with zero attached hydrogens (tertiary/aromatic N) is 3. The van der Waals surface area contributed by atoms with Gasteiger partial charge in [-0.1, -0.05) is 48.5 Å². The average Bonchev–Trinajstić information content (AvgIpc) is 3.14. The first kappa shape index (κ1) is 20.0. The molecule has 0 radical (unpaired) electrons. The van der Waals surface area contributed by atoms with Crippen LogP contribution in [-0.4, -0.2) is 29.5 Å². The number of hydrogen-bond acceptors (Lipinski definition) is 5. The highest BCUT2D eigenvalue weighted by Gasteiger charge is 2.19. The van der Waals surface area contributed by atoms with E-state index in [9.17, 15) is 4.79 Å². The Balaban J connectivity index is 1.67. The fraction of sp³-hybridized carbons (Fsp3) is 0.208. The van der Waals surface area contributed by atoms with Gasteiger partial charge in [-0.3, -0.25) is 4.79 Å². The Morgan fingerprint density at radius 1 is 1.00 bits per heavy atom. The second-order valence-corrected chi connectivity index (χ2v) is 8.32. The van der Waals surface area contributed by atoms with Gasteiger partial charge in [0, 0.05) is 23.7 Å². The first-order chi connectivity index (χ1) is 14.4. The zero-order valence-corrected chi connectivity index (χ0v) is 18.4. The molecule has 1 amide bonds. The molecule has 0 aliphatic carbocycles. The van der Waals surface area contributed by atoms with Crippen LogP contribution in [0.1, 0.15) is 17.0 Å². The lowest BCUT2D eigenvalue weighted by Crippen LogP contribution is -2.31. The highest BCUT2D eigenvalue weighted by atomic mass is 32.1. The Morgan fingerprint density at radius 3 is 2.40 bits per heavy atom. The summed E-state index contributed by atoms with van der Waals surface area (Å²) in [7, 11) is 1.90. The maximum Gasteiger partial charge on any atom is 0.243 e. The molecule has 0 bridgehead atoms. The maximum absolute atomic E-state index is 12.8. The lowest BCUT2D eigenvalue weighted by atomic mass is 10.1. The topological polar surface area (TPSA) is 58.1 Å². The van der Waals surface area contributed by atoms with Crippen LogP contribution in [0.15, 0.2) is 53.9 Å². The minimum absolute atomic E-state index is 0.0733. The van der Waals surface area contributed by atoms with Crippen molar-refractivity contribution in [2.75, 3.05) is 23.8 Å². The van der Waals surface area contributed by atoms with Gasteiger partial charge < -0.3 is 10.2 Å². The van der Waals surface area contributed by atoms with Crippen LogP contribution >= 0.6 is 11.3 Å². The maximum atomic E-state index is 12.8. The summed E-state index contributed by atoms with van der Waals surface area (Å²) in [6.45, 7) is 6.08. The van der Waals surface area contributed by atoms with E-state index in [1.54, 1.807) is 11.3 Å². The number of likely N-dealkylation sites (N-methyl/N-ethyl adjacent to an activating group) is 1. The third-order valence-electron chi connectivity index (χ3n) is 5.10. The number of carbonyl (C=O) groups excluding carboxylic acids is 1. The number of thiophene rings is 1. The molecule has 0 saturated carbocycles. The first-order valence-corrected chi connectivity index (χ1v) is 10.7. The Kier molecular flexibility index (Phi) is 5.50. The molecule has 0 spiro atoms. The van der Waals surface area contributed by atoms with Crippen LogP contribution in [-0.2, 0) is 4.79 Å². The summed E-state index contributed by atoms with van der Waals surface area (Å²) >= 11 is 1.60. The van der Waals surface area contributed by atoms with Gasteiger partial charge in [-0.25, -0.2) is 9.97 Å². The summed E-state index contributed by atoms with van der Waals surface area (Å²) in [5, 5.41) is 6.16. The molecule has 0 saturated heterocycles. The summed E-state index contributed by atoms with van der Waals surface area (Å²) in [5.41, 5.74) is 5.19. The number of aromatic nitrogens is 2. The minimum Gasteiger partial charge on any atom is -0.350 e. The molecule has 2 aromatic carbocycles. The van der Waals surface area contributed by atoms with Crippen molar-refractivity contribution in [1.29, 1.82) is 0 Å². The van der Waals surface area contributed by atoms with Crippen LogP contribution in [0.25, 0.3) is 21.3 Å². The van der Waals surface area contributed by atoms with Gasteiger partial charge in [0.05, 0.1) is 11.9 Å². The van der Waals surface area contributed by atoms with Crippen molar-refractivity contribution >= 4 is 39.0 Å². The lowest BCUT2D eigenvalue weighted by molar-refractivity contribution is -0.114. The Morgan fingerprint density at radius 2 is 1.70 bits per heavy atom. The Bertz CT molecular complexity index is 1200. The number of benzene rings is 2. The molecule has 1 N–H and O–H groups in total. The molecule has 2 heterocycles. The van der Waals surface area contributed by atoms with E-state index in [-0.39, 0.29) is 12.5 Å². The molecule has 4 aromatic rings. The Hall–Kier alpha value is -3.25. The fourth-order valence-electron chi connectivity index (χ4n) is 3.61. The van der Waals surface area contributed by atoms with Crippen LogP contribution in [0.4, 0.5) is 11.5 Å². The van der Waals surface area contributed by atoms with Crippen molar-refractivity contribution < 1.29 is 4.79 Å². The predicted molar refractivity (Wildman–Crippen MR) is 125 cm³/mol. The number of anilines is 2. The molecule has 0 unspecified atom stereocenters. The van der Waals surface area contributed by atoms with Crippen LogP contribution in [0.3, 0.4) is 0 Å². The van der Waals surface area contributed by atoms with E-state index in [1.165, 1.54) is 0 Å². The zero-order chi connectivity index (χ0) is 21.3. The molecule has 6 heteroatoms. The number of carbonyl (C=O) groups is 1. The molecule has 0 atom stereocenters. The number of aryl methyl sites for hydroxylation is 3. The van der Waals surface area contributed by atoms with Gasteiger partial charge in [0.1, 0.15) is 16.5 Å². The van der Waals surface area contributed by atoms with Gasteiger partial charge in [0.15, 0.2) is 0 Å². The van der Waals surface area contributed by atoms with E-state index in [2.05, 4.69) is 27.8 Å². The summed E-state index contributed by atoms with van der Waals surface area (Å²) < 4.78 is 0. The first-order valence-electron chi connectivity index (χ1n) is 9.82. The van der Waals surface area contributed by atoms with Crippen molar-refractivity contribution in [2.45, 2.75) is 20.8 Å². The van der Waals surface area contributed by atoms with E-state index < -0.39 is 0 Å². The number of hydrogen-bond donors (Lipinski definition) is 1. The smallest absolute Gasteiger partial charge is 0.243 e. The second-order valence-electron chi connectivity index (χ2n) is 7.46. The molecular weight excluding hydrogens is 392 g/mol. The zero-order valence-electron chi connectivity index (χ0n) is 17.6. The number of nitrogens with one attached hydrogen (secondary N) is 1. The van der Waals surface area contributed by atoms with Crippen LogP contribution < -0.4 is 10.2 Å². The highest BCUT2D eigenvalue weighted by molar-refractivity contribution is 7.17. The third kappa shape index (κ3) is 3.91. The summed E-state index contributed by atoms with van der Waals surface area (Å²) in [5.74, 6) is 1.39. The van der Waals surface area contributed by atoms with E-state index in [0.717, 1.165) is 44.0 Å². The van der Waals surface area contributed by atoms with Gasteiger partial charge >= 0.3 is 0 Å².